The summed E-state index contributed by atoms with van der Waals surface area (Å²) in [7, 11) is 1.87. The summed E-state index contributed by atoms with van der Waals surface area (Å²) in [5.41, 5.74) is 15.9. The minimum absolute atomic E-state index is 0.960. The third-order valence-corrected chi connectivity index (χ3v) is 8.91. The number of fused-ring (bicyclic) bond motifs is 1. The highest BCUT2D eigenvalue weighted by molar-refractivity contribution is 6.11. The highest BCUT2D eigenvalue weighted by Gasteiger charge is 2.15. The highest BCUT2D eigenvalue weighted by atomic mass is 14.7. The Morgan fingerprint density at radius 3 is 2.07 bits per heavy atom. The Balaban J connectivity index is 1.44. The lowest BCUT2D eigenvalue weighted by Gasteiger charge is -2.16. The van der Waals surface area contributed by atoms with E-state index < -0.39 is 0 Å². The lowest BCUT2D eigenvalue weighted by molar-refractivity contribution is 1.06. The van der Waals surface area contributed by atoms with Gasteiger partial charge in [-0.3, -0.25) is 4.99 Å². The van der Waals surface area contributed by atoms with Crippen molar-refractivity contribution in [3.05, 3.63) is 169 Å². The van der Waals surface area contributed by atoms with Crippen molar-refractivity contribution in [3.63, 3.8) is 0 Å². The first-order chi connectivity index (χ1) is 22.4. The molecule has 0 amide bonds. The van der Waals surface area contributed by atoms with E-state index in [2.05, 4.69) is 147 Å². The first kappa shape index (κ1) is 30.5. The lowest BCUT2D eigenvalue weighted by Crippen LogP contribution is -2.07. The minimum Gasteiger partial charge on any atom is -0.292 e. The van der Waals surface area contributed by atoms with Gasteiger partial charge in [-0.25, -0.2) is 0 Å². The van der Waals surface area contributed by atoms with Gasteiger partial charge in [0.1, 0.15) is 0 Å². The zero-order chi connectivity index (χ0) is 32.2. The molecule has 0 saturated heterocycles. The quantitative estimate of drug-likeness (QED) is 0.170. The van der Waals surface area contributed by atoms with Crippen LogP contribution in [0, 0.1) is 0 Å². The molecule has 0 atom stereocenters. The van der Waals surface area contributed by atoms with Crippen LogP contribution in [0.1, 0.15) is 42.0 Å². The van der Waals surface area contributed by atoms with Gasteiger partial charge in [0.15, 0.2) is 0 Å². The molecule has 5 aromatic carbocycles. The maximum Gasteiger partial charge on any atom is 0.0426 e. The Hall–Kier alpha value is -5.53. The normalized spacial score (nSPS) is 14.7. The number of aliphatic imine (C=N–C) groups is 1. The first-order valence-corrected chi connectivity index (χ1v) is 15.8. The van der Waals surface area contributed by atoms with Gasteiger partial charge in [-0.15, -0.1) is 0 Å². The Labute approximate surface area is 273 Å². The van der Waals surface area contributed by atoms with Crippen LogP contribution in [0.25, 0.3) is 67.5 Å². The third kappa shape index (κ3) is 5.80. The fraction of sp³-hybridized carbons (Fsp3) is 0.0889. The van der Waals surface area contributed by atoms with E-state index >= 15 is 0 Å². The zero-order valence-electron chi connectivity index (χ0n) is 26.8. The van der Waals surface area contributed by atoms with Crippen molar-refractivity contribution in [2.75, 3.05) is 7.05 Å². The summed E-state index contributed by atoms with van der Waals surface area (Å²) in [5.74, 6) is 0. The van der Waals surface area contributed by atoms with E-state index in [1.807, 2.05) is 25.3 Å². The van der Waals surface area contributed by atoms with Crippen LogP contribution < -0.4 is 0 Å². The van der Waals surface area contributed by atoms with E-state index in [0.717, 1.165) is 85.3 Å². The molecule has 1 nitrogen and oxygen atoms in total. The summed E-state index contributed by atoms with van der Waals surface area (Å²) in [5, 5.41) is 2.38. The van der Waals surface area contributed by atoms with Gasteiger partial charge >= 0.3 is 0 Å². The fourth-order valence-corrected chi connectivity index (χ4v) is 6.48. The average molecular weight is 594 g/mol. The van der Waals surface area contributed by atoms with Crippen LogP contribution in [0.2, 0.25) is 0 Å². The highest BCUT2D eigenvalue weighted by Crippen LogP contribution is 2.38. The molecular weight excluding hydrogens is 555 g/mol. The fourth-order valence-electron chi connectivity index (χ4n) is 6.48. The number of hydrogen-bond donors (Lipinski definition) is 0. The molecule has 224 valence electrons. The Bertz CT molecular complexity index is 2110. The Morgan fingerprint density at radius 2 is 1.39 bits per heavy atom. The van der Waals surface area contributed by atoms with Crippen molar-refractivity contribution in [2.45, 2.75) is 19.8 Å². The molecular formula is C45H39N. The minimum atomic E-state index is 0.960. The SMILES string of the molecule is C=C/C(=C1/C=CCCC1=NC)c1ccc(-c2cc(C(=C)C)cc(-c3cccc(-c4cc(C=C)c(C=C)c5ccccc45)c3)c2)cc1. The zero-order valence-corrected chi connectivity index (χ0v) is 26.8. The van der Waals surface area contributed by atoms with Gasteiger partial charge in [0.25, 0.3) is 0 Å². The van der Waals surface area contributed by atoms with Crippen molar-refractivity contribution in [1.29, 1.82) is 0 Å². The number of benzene rings is 5. The van der Waals surface area contributed by atoms with Crippen molar-refractivity contribution < 1.29 is 0 Å². The average Bonchev–Trinajstić information content (AvgIpc) is 3.11. The second-order valence-corrected chi connectivity index (χ2v) is 11.8. The van der Waals surface area contributed by atoms with Crippen LogP contribution in [0.5, 0.6) is 0 Å². The topological polar surface area (TPSA) is 12.4 Å². The van der Waals surface area contributed by atoms with Crippen molar-refractivity contribution >= 4 is 39.8 Å². The van der Waals surface area contributed by atoms with E-state index in [4.69, 9.17) is 0 Å². The molecule has 1 aliphatic rings. The van der Waals surface area contributed by atoms with Gasteiger partial charge in [0.05, 0.1) is 0 Å². The predicted molar refractivity (Wildman–Crippen MR) is 204 cm³/mol. The third-order valence-electron chi connectivity index (χ3n) is 8.91. The predicted octanol–water partition coefficient (Wildman–Crippen LogP) is 12.5. The van der Waals surface area contributed by atoms with Gasteiger partial charge in [-0.05, 0) is 122 Å². The van der Waals surface area contributed by atoms with Crippen molar-refractivity contribution in [3.8, 4) is 33.4 Å². The smallest absolute Gasteiger partial charge is 0.0426 e. The molecule has 1 aliphatic carbocycles. The van der Waals surface area contributed by atoms with E-state index in [-0.39, 0.29) is 0 Å². The van der Waals surface area contributed by atoms with E-state index in [1.54, 1.807) is 0 Å². The molecule has 0 aromatic heterocycles. The van der Waals surface area contributed by atoms with Crippen molar-refractivity contribution in [1.82, 2.24) is 0 Å². The van der Waals surface area contributed by atoms with Crippen LogP contribution in [0.4, 0.5) is 0 Å². The second-order valence-electron chi connectivity index (χ2n) is 11.8. The van der Waals surface area contributed by atoms with Gasteiger partial charge in [0.2, 0.25) is 0 Å². The van der Waals surface area contributed by atoms with Crippen LogP contribution in [0.15, 0.2) is 152 Å². The molecule has 0 radical (unpaired) electrons. The van der Waals surface area contributed by atoms with Crippen LogP contribution in [-0.4, -0.2) is 12.8 Å². The first-order valence-electron chi connectivity index (χ1n) is 15.8. The van der Waals surface area contributed by atoms with Crippen molar-refractivity contribution in [2.24, 2.45) is 4.99 Å². The number of allylic oxidation sites excluding steroid dienone is 6. The molecule has 0 spiro atoms. The van der Waals surface area contributed by atoms with Crippen LogP contribution in [0.3, 0.4) is 0 Å². The summed E-state index contributed by atoms with van der Waals surface area (Å²) < 4.78 is 0. The summed E-state index contributed by atoms with van der Waals surface area (Å²) in [6, 6.07) is 35.1. The molecule has 0 saturated carbocycles. The molecule has 1 heteroatoms. The second kappa shape index (κ2) is 13.2. The Morgan fingerprint density at radius 1 is 0.696 bits per heavy atom. The maximum absolute atomic E-state index is 4.55. The summed E-state index contributed by atoms with van der Waals surface area (Å²) >= 11 is 0. The maximum atomic E-state index is 4.55. The summed E-state index contributed by atoms with van der Waals surface area (Å²) in [4.78, 5) is 4.55. The molecule has 6 rings (SSSR count). The van der Waals surface area contributed by atoms with Crippen LogP contribution >= 0.6 is 0 Å². The largest absolute Gasteiger partial charge is 0.292 e. The molecule has 0 heterocycles. The summed E-state index contributed by atoms with van der Waals surface area (Å²) in [6.45, 7) is 18.7. The van der Waals surface area contributed by atoms with Gasteiger partial charge in [-0.1, -0.05) is 129 Å². The summed E-state index contributed by atoms with van der Waals surface area (Å²) in [6.07, 6.45) is 12.2. The Kier molecular flexibility index (Phi) is 8.76. The van der Waals surface area contributed by atoms with Gasteiger partial charge in [-0.2, -0.15) is 0 Å². The monoisotopic (exact) mass is 593 g/mol. The molecule has 5 aromatic rings. The van der Waals surface area contributed by atoms with E-state index in [9.17, 15) is 0 Å². The lowest BCUT2D eigenvalue weighted by atomic mass is 9.88. The molecule has 0 aliphatic heterocycles. The van der Waals surface area contributed by atoms with E-state index in [1.165, 1.54) is 16.3 Å². The number of rotatable bonds is 8. The molecule has 0 bridgehead atoms. The van der Waals surface area contributed by atoms with Gasteiger partial charge in [0, 0.05) is 18.3 Å². The molecule has 46 heavy (non-hydrogen) atoms. The van der Waals surface area contributed by atoms with Gasteiger partial charge < -0.3 is 0 Å². The molecule has 0 fully saturated rings. The van der Waals surface area contributed by atoms with E-state index in [0.29, 0.717) is 0 Å². The molecule has 0 unspecified atom stereocenters. The van der Waals surface area contributed by atoms with Crippen LogP contribution in [-0.2, 0) is 0 Å². The number of nitrogens with zero attached hydrogens (tertiary/aromatic N) is 1. The standard InChI is InChI=1S/C45H39N/c1-7-31-29-44(42-18-11-10-17-41(42)39(31)8-2)35-16-14-15-34(25-35)38-27-36(30(4)5)26-37(28-38)32-21-23-33(24-22-32)40(9-3)43-19-12-13-20-45(43)46-6/h7-12,14-19,21-29H,1-4,13,20H2,5-6H3/b43-40+,46-45?. The number of hydrogen-bond acceptors (Lipinski definition) is 1. The molecule has 0 N–H and O–H groups in total.